The molecule has 6 heteroatoms. The van der Waals surface area contributed by atoms with Gasteiger partial charge in [0.1, 0.15) is 5.75 Å². The van der Waals surface area contributed by atoms with Gasteiger partial charge in [-0.2, -0.15) is 13.2 Å². The van der Waals surface area contributed by atoms with Gasteiger partial charge in [0.25, 0.3) is 0 Å². The zero-order valence-corrected chi connectivity index (χ0v) is 9.74. The minimum atomic E-state index is -4.40. The quantitative estimate of drug-likeness (QED) is 0.870. The first-order valence-electron chi connectivity index (χ1n) is 5.45. The predicted octanol–water partition coefficient (Wildman–Crippen LogP) is 1.66. The molecule has 18 heavy (non-hydrogen) atoms. The van der Waals surface area contributed by atoms with E-state index in [-0.39, 0.29) is 0 Å². The van der Waals surface area contributed by atoms with Crippen LogP contribution in [-0.2, 0) is 0 Å². The van der Waals surface area contributed by atoms with Gasteiger partial charge in [0, 0.05) is 5.92 Å². The van der Waals surface area contributed by atoms with Gasteiger partial charge in [0.15, 0.2) is 0 Å². The van der Waals surface area contributed by atoms with Crippen LogP contribution in [0.3, 0.4) is 0 Å². The lowest BCUT2D eigenvalue weighted by Gasteiger charge is -2.09. The highest BCUT2D eigenvalue weighted by molar-refractivity contribution is 5.40. The molecule has 0 unspecified atom stereocenters. The van der Waals surface area contributed by atoms with E-state index in [9.17, 15) is 13.2 Å². The average Bonchev–Trinajstić information content (AvgIpc) is 2.97. The van der Waals surface area contributed by atoms with Gasteiger partial charge < -0.3 is 15.6 Å². The fourth-order valence-corrected chi connectivity index (χ4v) is 2.46. The van der Waals surface area contributed by atoms with Crippen LogP contribution in [-0.4, -0.2) is 30.5 Å². The van der Waals surface area contributed by atoms with Gasteiger partial charge in [-0.15, -0.1) is 0 Å². The number of benzene rings is 1. The van der Waals surface area contributed by atoms with Crippen molar-refractivity contribution in [3.63, 3.8) is 0 Å². The summed E-state index contributed by atoms with van der Waals surface area (Å²) in [6, 6.07) is 6.26. The second-order valence-electron chi connectivity index (χ2n) is 4.54. The van der Waals surface area contributed by atoms with Crippen LogP contribution in [0, 0.1) is 5.92 Å². The monoisotopic (exact) mass is 261 g/mol. The summed E-state index contributed by atoms with van der Waals surface area (Å²) in [6.07, 6.45) is -4.40. The van der Waals surface area contributed by atoms with Crippen molar-refractivity contribution in [3.8, 4) is 5.75 Å². The molecule has 0 aromatic heterocycles. The molecule has 1 aromatic rings. The Balaban J connectivity index is 2.27. The lowest BCUT2D eigenvalue weighted by molar-refractivity contribution is -0.154. The topological polar surface area (TPSA) is 55.5 Å². The fourth-order valence-electron chi connectivity index (χ4n) is 2.46. The molecule has 1 fully saturated rings. The van der Waals surface area contributed by atoms with Crippen LogP contribution in [0.15, 0.2) is 24.3 Å². The smallest absolute Gasteiger partial charge is 0.394 e. The summed E-state index contributed by atoms with van der Waals surface area (Å²) >= 11 is 0. The normalized spacial score (nSPS) is 31.2. The van der Waals surface area contributed by atoms with E-state index in [1.54, 1.807) is 24.3 Å². The lowest BCUT2D eigenvalue weighted by Crippen LogP contribution is -2.34. The molecule has 1 aromatic carbocycles. The Kier molecular flexibility index (Phi) is 3.03. The Morgan fingerprint density at radius 2 is 1.89 bits per heavy atom. The maximum atomic E-state index is 12.8. The van der Waals surface area contributed by atoms with Crippen LogP contribution in [0.5, 0.6) is 5.75 Å². The Morgan fingerprint density at radius 1 is 1.33 bits per heavy atom. The number of halogens is 3. The highest BCUT2D eigenvalue weighted by Crippen LogP contribution is 2.62. The maximum Gasteiger partial charge on any atom is 0.394 e. The largest absolute Gasteiger partial charge is 0.497 e. The Labute approximate surface area is 102 Å². The number of aliphatic hydroxyl groups excluding tert-OH is 1. The van der Waals surface area contributed by atoms with Crippen molar-refractivity contribution in [1.82, 2.24) is 0 Å². The number of nitrogens with two attached hydrogens (primary N) is 1. The number of methoxy groups -OCH3 is 1. The Bertz CT molecular complexity index is 432. The number of hydrogen-bond donors (Lipinski definition) is 2. The van der Waals surface area contributed by atoms with E-state index in [2.05, 4.69) is 0 Å². The molecule has 0 aliphatic heterocycles. The highest BCUT2D eigenvalue weighted by atomic mass is 19.4. The van der Waals surface area contributed by atoms with Crippen molar-refractivity contribution in [2.45, 2.75) is 17.6 Å². The summed E-state index contributed by atoms with van der Waals surface area (Å²) in [5.41, 5.74) is 4.48. The van der Waals surface area contributed by atoms with E-state index in [1.807, 2.05) is 0 Å². The van der Waals surface area contributed by atoms with Crippen molar-refractivity contribution in [2.75, 3.05) is 13.7 Å². The molecule has 0 spiro atoms. The van der Waals surface area contributed by atoms with Crippen molar-refractivity contribution in [1.29, 1.82) is 0 Å². The van der Waals surface area contributed by atoms with E-state index in [0.717, 1.165) is 0 Å². The van der Waals surface area contributed by atoms with Crippen LogP contribution in [0.25, 0.3) is 0 Å². The third-order valence-corrected chi connectivity index (χ3v) is 3.48. The summed E-state index contributed by atoms with van der Waals surface area (Å²) in [7, 11) is 1.48. The molecule has 0 bridgehead atoms. The molecule has 0 amide bonds. The molecule has 2 rings (SSSR count). The van der Waals surface area contributed by atoms with Crippen LogP contribution >= 0.6 is 0 Å². The molecule has 1 saturated carbocycles. The molecule has 1 aliphatic rings. The standard InChI is InChI=1S/C12H14F3NO2/c1-18-8-4-2-7(3-5-8)9-10(12(13,14)15)11(9,16)6-17/h2-5,9-10,17H,6,16H2,1H3/t9-,10-,11-/m1/s1. The second-order valence-corrected chi connectivity index (χ2v) is 4.54. The van der Waals surface area contributed by atoms with Gasteiger partial charge in [-0.1, -0.05) is 12.1 Å². The molecule has 0 saturated heterocycles. The highest BCUT2D eigenvalue weighted by Gasteiger charge is 2.73. The van der Waals surface area contributed by atoms with Crippen LogP contribution in [0.4, 0.5) is 13.2 Å². The third kappa shape index (κ3) is 1.95. The van der Waals surface area contributed by atoms with E-state index < -0.39 is 30.2 Å². The molecule has 0 radical (unpaired) electrons. The fraction of sp³-hybridized carbons (Fsp3) is 0.500. The summed E-state index contributed by atoms with van der Waals surface area (Å²) in [5.74, 6) is -2.02. The SMILES string of the molecule is COc1ccc([C@@H]2[C@@H](C(F)(F)F)[C@@]2(N)CO)cc1. The van der Waals surface area contributed by atoms with E-state index in [4.69, 9.17) is 15.6 Å². The van der Waals surface area contributed by atoms with Crippen molar-refractivity contribution >= 4 is 0 Å². The van der Waals surface area contributed by atoms with Gasteiger partial charge in [0.2, 0.25) is 0 Å². The summed E-state index contributed by atoms with van der Waals surface area (Å²) < 4.78 is 43.3. The van der Waals surface area contributed by atoms with Crippen molar-refractivity contribution in [2.24, 2.45) is 11.7 Å². The Morgan fingerprint density at radius 3 is 2.22 bits per heavy atom. The second kappa shape index (κ2) is 4.13. The van der Waals surface area contributed by atoms with Crippen molar-refractivity contribution < 1.29 is 23.0 Å². The molecule has 3 nitrogen and oxygen atoms in total. The molecule has 3 N–H and O–H groups in total. The number of alkyl halides is 3. The summed E-state index contributed by atoms with van der Waals surface area (Å²) in [6.45, 7) is -0.687. The third-order valence-electron chi connectivity index (χ3n) is 3.48. The van der Waals surface area contributed by atoms with Gasteiger partial charge in [-0.25, -0.2) is 0 Å². The van der Waals surface area contributed by atoms with E-state index in [0.29, 0.717) is 11.3 Å². The molecular formula is C12H14F3NO2. The van der Waals surface area contributed by atoms with Gasteiger partial charge >= 0.3 is 6.18 Å². The zero-order valence-electron chi connectivity index (χ0n) is 9.74. The van der Waals surface area contributed by atoms with E-state index >= 15 is 0 Å². The first kappa shape index (κ1) is 13.2. The molecule has 100 valence electrons. The van der Waals surface area contributed by atoms with Gasteiger partial charge in [-0.05, 0) is 17.7 Å². The van der Waals surface area contributed by atoms with Gasteiger partial charge in [-0.3, -0.25) is 0 Å². The maximum absolute atomic E-state index is 12.8. The van der Waals surface area contributed by atoms with E-state index in [1.165, 1.54) is 7.11 Å². The number of rotatable bonds is 3. The van der Waals surface area contributed by atoms with Crippen molar-refractivity contribution in [3.05, 3.63) is 29.8 Å². The van der Waals surface area contributed by atoms with Crippen LogP contribution in [0.1, 0.15) is 11.5 Å². The first-order chi connectivity index (χ1) is 8.34. The summed E-state index contributed by atoms with van der Waals surface area (Å²) in [5, 5.41) is 9.08. The zero-order chi connectivity index (χ0) is 13.6. The first-order valence-corrected chi connectivity index (χ1v) is 5.45. The lowest BCUT2D eigenvalue weighted by atomic mass is 10.1. The number of aliphatic hydroxyl groups is 1. The number of ether oxygens (including phenoxy) is 1. The average molecular weight is 261 g/mol. The minimum Gasteiger partial charge on any atom is -0.497 e. The van der Waals surface area contributed by atoms with Gasteiger partial charge in [0.05, 0.1) is 25.2 Å². The minimum absolute atomic E-state index is 0.467. The molecule has 0 heterocycles. The molecule has 1 aliphatic carbocycles. The number of hydrogen-bond acceptors (Lipinski definition) is 3. The Hall–Kier alpha value is -1.27. The predicted molar refractivity (Wildman–Crippen MR) is 59.3 cm³/mol. The molecular weight excluding hydrogens is 247 g/mol. The van der Waals surface area contributed by atoms with Crippen LogP contribution in [0.2, 0.25) is 0 Å². The molecule has 3 atom stereocenters. The van der Waals surface area contributed by atoms with Crippen LogP contribution < -0.4 is 10.5 Å². The summed E-state index contributed by atoms with van der Waals surface area (Å²) in [4.78, 5) is 0.